The highest BCUT2D eigenvalue weighted by atomic mass is 16.4. The second-order valence-electron chi connectivity index (χ2n) is 2.09. The van der Waals surface area contributed by atoms with Crippen LogP contribution in [0.4, 0.5) is 5.69 Å². The maximum atomic E-state index is 10.4. The lowest BCUT2D eigenvalue weighted by Gasteiger charge is -2.00. The molecule has 0 saturated heterocycles. The molecule has 5 heteroatoms. The highest BCUT2D eigenvalue weighted by molar-refractivity contribution is 5.96. The van der Waals surface area contributed by atoms with Crippen molar-refractivity contribution >= 4 is 17.9 Å². The number of carbonyl (C=O) groups is 2. The molecule has 1 aromatic rings. The summed E-state index contributed by atoms with van der Waals surface area (Å²) in [6.07, 6.45) is 1.72. The summed E-state index contributed by atoms with van der Waals surface area (Å²) < 4.78 is 0. The minimum absolute atomic E-state index is 0.0972. The highest BCUT2D eigenvalue weighted by Gasteiger charge is 2.11. The molecule has 0 aliphatic rings. The molecule has 62 valence electrons. The quantitative estimate of drug-likeness (QED) is 0.611. The van der Waals surface area contributed by atoms with E-state index < -0.39 is 5.97 Å². The molecule has 12 heavy (non-hydrogen) atoms. The fourth-order valence-corrected chi connectivity index (χ4v) is 0.761. The predicted molar refractivity (Wildman–Crippen MR) is 41.0 cm³/mol. The lowest BCUT2D eigenvalue weighted by Crippen LogP contribution is -2.07. The van der Waals surface area contributed by atoms with Gasteiger partial charge in [0.25, 0.3) is 0 Å². The standard InChI is InChI=1S/C7H6N2O3/c8-5-4(3-10)1-2-9-6(5)7(11)12/h1-3H,8H2,(H,11,12). The average Bonchev–Trinajstić information content (AvgIpc) is 2.04. The van der Waals surface area contributed by atoms with Gasteiger partial charge in [-0.3, -0.25) is 4.79 Å². The van der Waals surface area contributed by atoms with Gasteiger partial charge in [-0.05, 0) is 6.07 Å². The van der Waals surface area contributed by atoms with Gasteiger partial charge in [0.1, 0.15) is 0 Å². The number of carboxylic acid groups (broad SMARTS) is 1. The van der Waals surface area contributed by atoms with Crippen molar-refractivity contribution in [2.24, 2.45) is 0 Å². The summed E-state index contributed by atoms with van der Waals surface area (Å²) in [4.78, 5) is 24.2. The summed E-state index contributed by atoms with van der Waals surface area (Å²) in [7, 11) is 0. The van der Waals surface area contributed by atoms with E-state index >= 15 is 0 Å². The van der Waals surface area contributed by atoms with Gasteiger partial charge in [-0.25, -0.2) is 9.78 Å². The number of nitrogen functional groups attached to an aromatic ring is 1. The van der Waals surface area contributed by atoms with Gasteiger partial charge in [-0.1, -0.05) is 0 Å². The first kappa shape index (κ1) is 8.19. The molecule has 5 nitrogen and oxygen atoms in total. The summed E-state index contributed by atoms with van der Waals surface area (Å²) in [5.41, 5.74) is 5.07. The molecule has 0 radical (unpaired) electrons. The summed E-state index contributed by atoms with van der Waals surface area (Å²) >= 11 is 0. The number of aldehydes is 1. The van der Waals surface area contributed by atoms with Crippen molar-refractivity contribution in [3.63, 3.8) is 0 Å². The average molecular weight is 166 g/mol. The molecule has 1 aromatic heterocycles. The number of pyridine rings is 1. The number of carbonyl (C=O) groups excluding carboxylic acids is 1. The van der Waals surface area contributed by atoms with Crippen LogP contribution in [0.3, 0.4) is 0 Å². The Morgan fingerprint density at radius 3 is 2.83 bits per heavy atom. The number of aromatic nitrogens is 1. The number of nitrogens with two attached hydrogens (primary N) is 1. The van der Waals surface area contributed by atoms with Crippen LogP contribution < -0.4 is 5.73 Å². The van der Waals surface area contributed by atoms with E-state index in [1.807, 2.05) is 0 Å². The Balaban J connectivity index is 3.32. The molecule has 0 aliphatic heterocycles. The van der Waals surface area contributed by atoms with Gasteiger partial charge < -0.3 is 10.8 Å². The molecule has 0 spiro atoms. The summed E-state index contributed by atoms with van der Waals surface area (Å²) in [5.74, 6) is -1.24. The fourth-order valence-electron chi connectivity index (χ4n) is 0.761. The van der Waals surface area contributed by atoms with Crippen LogP contribution in [0.2, 0.25) is 0 Å². The van der Waals surface area contributed by atoms with Crippen LogP contribution in [0, 0.1) is 0 Å². The van der Waals surface area contributed by atoms with Crippen molar-refractivity contribution in [2.45, 2.75) is 0 Å². The molecule has 0 unspecified atom stereocenters. The predicted octanol–water partition coefficient (Wildman–Crippen LogP) is 0.175. The molecule has 0 bridgehead atoms. The number of hydrogen-bond donors (Lipinski definition) is 2. The smallest absolute Gasteiger partial charge is 0.356 e. The van der Waals surface area contributed by atoms with Crippen LogP contribution in [-0.4, -0.2) is 22.3 Å². The largest absolute Gasteiger partial charge is 0.476 e. The zero-order valence-electron chi connectivity index (χ0n) is 6.02. The lowest BCUT2D eigenvalue weighted by atomic mass is 10.2. The van der Waals surface area contributed by atoms with E-state index in [0.717, 1.165) is 0 Å². The highest BCUT2D eigenvalue weighted by Crippen LogP contribution is 2.12. The van der Waals surface area contributed by atoms with Crippen LogP contribution in [0.15, 0.2) is 12.3 Å². The Morgan fingerprint density at radius 1 is 1.67 bits per heavy atom. The second kappa shape index (κ2) is 3.00. The zero-order valence-corrected chi connectivity index (χ0v) is 6.02. The van der Waals surface area contributed by atoms with Gasteiger partial charge in [-0.2, -0.15) is 0 Å². The maximum absolute atomic E-state index is 10.4. The van der Waals surface area contributed by atoms with Crippen LogP contribution in [0.1, 0.15) is 20.8 Å². The maximum Gasteiger partial charge on any atom is 0.356 e. The van der Waals surface area contributed by atoms with Crippen LogP contribution in [0.5, 0.6) is 0 Å². The normalized spacial score (nSPS) is 9.33. The van der Waals surface area contributed by atoms with Gasteiger partial charge in [0, 0.05) is 11.8 Å². The van der Waals surface area contributed by atoms with E-state index in [1.54, 1.807) is 0 Å². The van der Waals surface area contributed by atoms with E-state index in [1.165, 1.54) is 12.3 Å². The van der Waals surface area contributed by atoms with Crippen LogP contribution >= 0.6 is 0 Å². The molecular formula is C7H6N2O3. The topological polar surface area (TPSA) is 93.3 Å². The lowest BCUT2D eigenvalue weighted by molar-refractivity contribution is 0.0692. The summed E-state index contributed by atoms with van der Waals surface area (Å²) in [5, 5.41) is 8.53. The minimum atomic E-state index is -1.24. The van der Waals surface area contributed by atoms with Crippen molar-refractivity contribution in [1.29, 1.82) is 0 Å². The molecule has 0 fully saturated rings. The third-order valence-electron chi connectivity index (χ3n) is 1.35. The van der Waals surface area contributed by atoms with E-state index in [0.29, 0.717) is 6.29 Å². The Morgan fingerprint density at radius 2 is 2.33 bits per heavy atom. The molecule has 0 atom stereocenters. The van der Waals surface area contributed by atoms with Crippen molar-refractivity contribution in [3.8, 4) is 0 Å². The van der Waals surface area contributed by atoms with E-state index in [4.69, 9.17) is 10.8 Å². The Kier molecular flexibility index (Phi) is 2.05. The SMILES string of the molecule is Nc1c(C=O)ccnc1C(=O)O. The van der Waals surface area contributed by atoms with Gasteiger partial charge in [0.2, 0.25) is 0 Å². The molecule has 3 N–H and O–H groups in total. The number of aromatic carboxylic acids is 1. The monoisotopic (exact) mass is 166 g/mol. The molecule has 1 rings (SSSR count). The molecule has 0 saturated carbocycles. The number of carboxylic acids is 1. The number of anilines is 1. The summed E-state index contributed by atoms with van der Waals surface area (Å²) in [6, 6.07) is 1.36. The van der Waals surface area contributed by atoms with Crippen LogP contribution in [-0.2, 0) is 0 Å². The van der Waals surface area contributed by atoms with Gasteiger partial charge >= 0.3 is 5.97 Å². The van der Waals surface area contributed by atoms with Gasteiger partial charge in [0.05, 0.1) is 5.69 Å². The molecular weight excluding hydrogens is 160 g/mol. The Labute approximate surface area is 67.8 Å². The van der Waals surface area contributed by atoms with E-state index in [9.17, 15) is 9.59 Å². The first-order chi connectivity index (χ1) is 5.66. The van der Waals surface area contributed by atoms with Crippen molar-refractivity contribution in [1.82, 2.24) is 4.98 Å². The first-order valence-electron chi connectivity index (χ1n) is 3.09. The molecule has 0 aromatic carbocycles. The van der Waals surface area contributed by atoms with E-state index in [2.05, 4.69) is 4.98 Å². The van der Waals surface area contributed by atoms with Gasteiger partial charge in [0.15, 0.2) is 12.0 Å². The molecule has 1 heterocycles. The Bertz CT molecular complexity index is 335. The number of nitrogens with zero attached hydrogens (tertiary/aromatic N) is 1. The van der Waals surface area contributed by atoms with Crippen molar-refractivity contribution in [3.05, 3.63) is 23.5 Å². The van der Waals surface area contributed by atoms with Gasteiger partial charge in [-0.15, -0.1) is 0 Å². The fraction of sp³-hybridized carbons (Fsp3) is 0. The minimum Gasteiger partial charge on any atom is -0.476 e. The third-order valence-corrected chi connectivity index (χ3v) is 1.35. The zero-order chi connectivity index (χ0) is 9.14. The number of hydrogen-bond acceptors (Lipinski definition) is 4. The first-order valence-corrected chi connectivity index (χ1v) is 3.09. The van der Waals surface area contributed by atoms with Crippen LogP contribution in [0.25, 0.3) is 0 Å². The Hall–Kier alpha value is -1.91. The van der Waals surface area contributed by atoms with E-state index in [-0.39, 0.29) is 16.9 Å². The molecule has 0 amide bonds. The summed E-state index contributed by atoms with van der Waals surface area (Å²) in [6.45, 7) is 0. The second-order valence-corrected chi connectivity index (χ2v) is 2.09. The van der Waals surface area contributed by atoms with Crippen molar-refractivity contribution in [2.75, 3.05) is 5.73 Å². The van der Waals surface area contributed by atoms with Crippen molar-refractivity contribution < 1.29 is 14.7 Å². The molecule has 0 aliphatic carbocycles. The third kappa shape index (κ3) is 1.24. The number of rotatable bonds is 2.